The highest BCUT2D eigenvalue weighted by Crippen LogP contribution is 2.06. The van der Waals surface area contributed by atoms with Crippen LogP contribution in [0.3, 0.4) is 0 Å². The van der Waals surface area contributed by atoms with E-state index >= 15 is 0 Å². The molecule has 0 aromatic carbocycles. The molecule has 1 aromatic heterocycles. The van der Waals surface area contributed by atoms with E-state index < -0.39 is 5.97 Å². The van der Waals surface area contributed by atoms with E-state index in [0.717, 1.165) is 5.76 Å². The Bertz CT molecular complexity index is 256. The van der Waals surface area contributed by atoms with E-state index in [0.29, 0.717) is 12.8 Å². The second-order valence-corrected chi connectivity index (χ2v) is 2.98. The summed E-state index contributed by atoms with van der Waals surface area (Å²) in [4.78, 5) is 10.2. The molecule has 0 aliphatic rings. The van der Waals surface area contributed by atoms with Gasteiger partial charge in [0, 0.05) is 18.9 Å². The van der Waals surface area contributed by atoms with Crippen LogP contribution in [0.5, 0.6) is 0 Å². The van der Waals surface area contributed by atoms with Crippen molar-refractivity contribution in [2.24, 2.45) is 5.73 Å². The van der Waals surface area contributed by atoms with E-state index in [-0.39, 0.29) is 12.5 Å². The average Bonchev–Trinajstić information content (AvgIpc) is 2.53. The van der Waals surface area contributed by atoms with Crippen LogP contribution in [0.25, 0.3) is 0 Å². The van der Waals surface area contributed by atoms with Crippen LogP contribution in [-0.2, 0) is 11.2 Å². The zero-order chi connectivity index (χ0) is 9.68. The Morgan fingerprint density at radius 1 is 1.69 bits per heavy atom. The summed E-state index contributed by atoms with van der Waals surface area (Å²) in [7, 11) is 0. The molecule has 4 heteroatoms. The van der Waals surface area contributed by atoms with Gasteiger partial charge in [-0.15, -0.1) is 0 Å². The van der Waals surface area contributed by atoms with E-state index in [1.165, 1.54) is 0 Å². The third kappa shape index (κ3) is 3.75. The van der Waals surface area contributed by atoms with Gasteiger partial charge in [-0.05, 0) is 18.6 Å². The summed E-state index contributed by atoms with van der Waals surface area (Å²) in [5.41, 5.74) is 5.69. The number of nitrogens with two attached hydrogens (primary N) is 1. The summed E-state index contributed by atoms with van der Waals surface area (Å²) < 4.78 is 5.08. The van der Waals surface area contributed by atoms with Crippen LogP contribution in [-0.4, -0.2) is 17.1 Å². The Kier molecular flexibility index (Phi) is 3.52. The van der Waals surface area contributed by atoms with Crippen molar-refractivity contribution in [3.8, 4) is 0 Å². The molecule has 0 fully saturated rings. The molecule has 13 heavy (non-hydrogen) atoms. The lowest BCUT2D eigenvalue weighted by molar-refractivity contribution is -0.137. The number of carboxylic acid groups (broad SMARTS) is 1. The second-order valence-electron chi connectivity index (χ2n) is 2.98. The molecular weight excluding hydrogens is 170 g/mol. The van der Waals surface area contributed by atoms with E-state index in [2.05, 4.69) is 0 Å². The summed E-state index contributed by atoms with van der Waals surface area (Å²) >= 11 is 0. The number of furan rings is 1. The van der Waals surface area contributed by atoms with Gasteiger partial charge in [0.2, 0.25) is 0 Å². The van der Waals surface area contributed by atoms with E-state index in [1.807, 2.05) is 6.07 Å². The van der Waals surface area contributed by atoms with Crippen LogP contribution in [0.1, 0.15) is 18.6 Å². The van der Waals surface area contributed by atoms with Crippen LogP contribution in [0.15, 0.2) is 22.8 Å². The third-order valence-corrected chi connectivity index (χ3v) is 1.77. The van der Waals surface area contributed by atoms with Gasteiger partial charge in [0.15, 0.2) is 0 Å². The minimum atomic E-state index is -0.810. The third-order valence-electron chi connectivity index (χ3n) is 1.77. The summed E-state index contributed by atoms with van der Waals surface area (Å²) in [6.45, 7) is 0. The molecule has 0 radical (unpaired) electrons. The molecule has 0 spiro atoms. The molecule has 0 aliphatic carbocycles. The smallest absolute Gasteiger partial charge is 0.303 e. The minimum Gasteiger partial charge on any atom is -0.481 e. The van der Waals surface area contributed by atoms with Gasteiger partial charge in [-0.1, -0.05) is 0 Å². The normalized spacial score (nSPS) is 12.7. The van der Waals surface area contributed by atoms with Gasteiger partial charge in [0.1, 0.15) is 5.76 Å². The highest BCUT2D eigenvalue weighted by atomic mass is 16.4. The lowest BCUT2D eigenvalue weighted by Gasteiger charge is -2.06. The van der Waals surface area contributed by atoms with Gasteiger partial charge in [0.25, 0.3) is 0 Å². The summed E-state index contributed by atoms with van der Waals surface area (Å²) in [6.07, 6.45) is 2.78. The summed E-state index contributed by atoms with van der Waals surface area (Å²) in [5, 5.41) is 8.41. The van der Waals surface area contributed by atoms with Crippen molar-refractivity contribution in [2.75, 3.05) is 0 Å². The van der Waals surface area contributed by atoms with Crippen molar-refractivity contribution < 1.29 is 14.3 Å². The molecule has 1 atom stereocenters. The number of rotatable bonds is 5. The molecule has 1 heterocycles. The monoisotopic (exact) mass is 183 g/mol. The zero-order valence-electron chi connectivity index (χ0n) is 7.27. The van der Waals surface area contributed by atoms with Crippen molar-refractivity contribution >= 4 is 5.97 Å². The fourth-order valence-corrected chi connectivity index (χ4v) is 1.10. The van der Waals surface area contributed by atoms with Crippen LogP contribution in [0.4, 0.5) is 0 Å². The predicted molar refractivity (Wildman–Crippen MR) is 47.3 cm³/mol. The highest BCUT2D eigenvalue weighted by Gasteiger charge is 2.07. The quantitative estimate of drug-likeness (QED) is 0.714. The Morgan fingerprint density at radius 2 is 2.46 bits per heavy atom. The van der Waals surface area contributed by atoms with Crippen molar-refractivity contribution in [1.82, 2.24) is 0 Å². The van der Waals surface area contributed by atoms with Crippen LogP contribution in [0.2, 0.25) is 0 Å². The number of aliphatic carboxylic acids is 1. The fraction of sp³-hybridized carbons (Fsp3) is 0.444. The van der Waals surface area contributed by atoms with Gasteiger partial charge in [-0.25, -0.2) is 0 Å². The minimum absolute atomic E-state index is 0.113. The average molecular weight is 183 g/mol. The Balaban J connectivity index is 2.25. The number of carboxylic acids is 1. The molecule has 4 nitrogen and oxygen atoms in total. The van der Waals surface area contributed by atoms with Gasteiger partial charge in [0.05, 0.1) is 6.26 Å². The largest absolute Gasteiger partial charge is 0.481 e. The Hall–Kier alpha value is -1.29. The van der Waals surface area contributed by atoms with Crippen molar-refractivity contribution in [3.63, 3.8) is 0 Å². The van der Waals surface area contributed by atoms with E-state index in [4.69, 9.17) is 15.3 Å². The van der Waals surface area contributed by atoms with E-state index in [9.17, 15) is 4.79 Å². The van der Waals surface area contributed by atoms with Gasteiger partial charge in [-0.3, -0.25) is 4.79 Å². The molecule has 72 valence electrons. The molecule has 0 aliphatic heterocycles. The lowest BCUT2D eigenvalue weighted by atomic mass is 10.1. The maximum atomic E-state index is 10.2. The number of hydrogen-bond donors (Lipinski definition) is 2. The SMILES string of the molecule is NC(CCC(=O)O)Cc1ccco1. The molecule has 1 aromatic rings. The lowest BCUT2D eigenvalue weighted by Crippen LogP contribution is -2.23. The first-order valence-corrected chi connectivity index (χ1v) is 4.18. The molecule has 0 saturated carbocycles. The van der Waals surface area contributed by atoms with Crippen molar-refractivity contribution in [2.45, 2.75) is 25.3 Å². The molecule has 0 saturated heterocycles. The zero-order valence-corrected chi connectivity index (χ0v) is 7.27. The molecule has 0 amide bonds. The first-order chi connectivity index (χ1) is 6.18. The van der Waals surface area contributed by atoms with Crippen LogP contribution >= 0.6 is 0 Å². The number of carbonyl (C=O) groups is 1. The van der Waals surface area contributed by atoms with Gasteiger partial charge < -0.3 is 15.3 Å². The topological polar surface area (TPSA) is 76.5 Å². The van der Waals surface area contributed by atoms with Crippen LogP contribution in [0, 0.1) is 0 Å². The predicted octanol–water partition coefficient (Wildman–Crippen LogP) is 1.01. The molecule has 3 N–H and O–H groups in total. The van der Waals surface area contributed by atoms with Crippen molar-refractivity contribution in [3.05, 3.63) is 24.2 Å². The van der Waals surface area contributed by atoms with E-state index in [1.54, 1.807) is 12.3 Å². The second kappa shape index (κ2) is 4.67. The number of hydrogen-bond acceptors (Lipinski definition) is 3. The van der Waals surface area contributed by atoms with Crippen molar-refractivity contribution in [1.29, 1.82) is 0 Å². The molecular formula is C9H13NO3. The highest BCUT2D eigenvalue weighted by molar-refractivity contribution is 5.66. The first-order valence-electron chi connectivity index (χ1n) is 4.18. The summed E-state index contributed by atoms with van der Waals surface area (Å²) in [5.74, 6) is -0.00668. The first kappa shape index (κ1) is 9.80. The maximum Gasteiger partial charge on any atom is 0.303 e. The Morgan fingerprint density at radius 3 is 3.00 bits per heavy atom. The Labute approximate surface area is 76.3 Å². The van der Waals surface area contributed by atoms with Gasteiger partial charge >= 0.3 is 5.97 Å². The fourth-order valence-electron chi connectivity index (χ4n) is 1.10. The molecule has 1 unspecified atom stereocenters. The molecule has 1 rings (SSSR count). The summed E-state index contributed by atoms with van der Waals surface area (Å²) in [6, 6.07) is 3.49. The van der Waals surface area contributed by atoms with Gasteiger partial charge in [-0.2, -0.15) is 0 Å². The standard InChI is InChI=1S/C9H13NO3/c10-7(3-4-9(11)12)6-8-2-1-5-13-8/h1-2,5,7H,3-4,6,10H2,(H,11,12). The molecule has 0 bridgehead atoms. The maximum absolute atomic E-state index is 10.2. The van der Waals surface area contributed by atoms with Crippen LogP contribution < -0.4 is 5.73 Å².